The average molecular weight is 535 g/mol. The van der Waals surface area contributed by atoms with Gasteiger partial charge >= 0.3 is 0 Å². The van der Waals surface area contributed by atoms with Crippen LogP contribution in [-0.4, -0.2) is 21.0 Å². The van der Waals surface area contributed by atoms with Gasteiger partial charge in [-0.15, -0.1) is 0 Å². The van der Waals surface area contributed by atoms with Crippen molar-refractivity contribution in [1.29, 1.82) is 0 Å². The second kappa shape index (κ2) is 10.3. The summed E-state index contributed by atoms with van der Waals surface area (Å²) in [6.07, 6.45) is 4.51. The Kier molecular flexibility index (Phi) is 6.81. The zero-order valence-corrected chi connectivity index (χ0v) is 20.7. The summed E-state index contributed by atoms with van der Waals surface area (Å²) in [4.78, 5) is 20.9. The summed E-state index contributed by atoms with van der Waals surface area (Å²) in [6, 6.07) is 19.6. The number of furan rings is 1. The highest BCUT2D eigenvalue weighted by atomic mass is 35.5. The number of nitrogens with one attached hydrogen (secondary N) is 2. The molecular formula is C26H16Cl2N4O3S. The molecular weight excluding hydrogens is 519 g/mol. The lowest BCUT2D eigenvalue weighted by molar-refractivity contribution is -0.115. The number of anilines is 1. The molecule has 2 N–H and O–H groups in total. The van der Waals surface area contributed by atoms with Gasteiger partial charge in [-0.1, -0.05) is 23.2 Å². The maximum absolute atomic E-state index is 12.4. The zero-order chi connectivity index (χ0) is 25.1. The Morgan fingerprint density at radius 1 is 0.972 bits per heavy atom. The smallest absolute Gasteiger partial charge is 0.250 e. The number of benzene rings is 2. The van der Waals surface area contributed by atoms with Gasteiger partial charge in [0.05, 0.1) is 10.7 Å². The molecule has 5 rings (SSSR count). The van der Waals surface area contributed by atoms with Crippen molar-refractivity contribution in [2.24, 2.45) is 0 Å². The van der Waals surface area contributed by atoms with Crippen LogP contribution < -0.4 is 10.6 Å². The quantitative estimate of drug-likeness (QED) is 0.185. The molecule has 1 amide bonds. The van der Waals surface area contributed by atoms with Crippen LogP contribution >= 0.6 is 35.4 Å². The molecule has 0 atom stereocenters. The molecule has 3 heterocycles. The molecule has 5 aromatic rings. The van der Waals surface area contributed by atoms with Gasteiger partial charge in [-0.2, -0.15) is 4.98 Å². The summed E-state index contributed by atoms with van der Waals surface area (Å²) >= 11 is 17.5. The van der Waals surface area contributed by atoms with Crippen LogP contribution in [0.15, 0.2) is 87.8 Å². The molecule has 3 aromatic heterocycles. The molecule has 36 heavy (non-hydrogen) atoms. The van der Waals surface area contributed by atoms with E-state index >= 15 is 0 Å². The Labute approximate surface area is 220 Å². The maximum Gasteiger partial charge on any atom is 0.250 e. The first-order valence-corrected chi connectivity index (χ1v) is 11.8. The molecule has 0 unspecified atom stereocenters. The van der Waals surface area contributed by atoms with E-state index in [0.29, 0.717) is 49.9 Å². The number of amides is 1. The van der Waals surface area contributed by atoms with E-state index in [1.54, 1.807) is 60.8 Å². The number of pyridine rings is 1. The van der Waals surface area contributed by atoms with Gasteiger partial charge in [0.25, 0.3) is 0 Å². The number of fused-ring (bicyclic) bond motifs is 1. The van der Waals surface area contributed by atoms with Crippen molar-refractivity contribution >= 4 is 69.4 Å². The van der Waals surface area contributed by atoms with Crippen molar-refractivity contribution in [3.63, 3.8) is 0 Å². The van der Waals surface area contributed by atoms with Crippen LogP contribution in [0, 0.1) is 0 Å². The van der Waals surface area contributed by atoms with Crippen LogP contribution in [0.25, 0.3) is 40.1 Å². The lowest BCUT2D eigenvalue weighted by Crippen LogP contribution is -2.32. The van der Waals surface area contributed by atoms with Crippen molar-refractivity contribution in [2.45, 2.75) is 0 Å². The van der Waals surface area contributed by atoms with Crippen molar-refractivity contribution < 1.29 is 13.6 Å². The zero-order valence-electron chi connectivity index (χ0n) is 18.4. The van der Waals surface area contributed by atoms with Crippen LogP contribution in [0.5, 0.6) is 0 Å². The standard InChI is InChI=1S/C26H16Cl2N4O3S/c27-17-6-3-15(4-7-17)21-11-8-18(34-21)9-12-23(33)31-26(36)30-20-14-16(5-10-19(20)28)25-32-24-22(35-25)2-1-13-29-24/h1-14H,(H2,30,31,33,36). The number of aromatic nitrogens is 2. The number of rotatable bonds is 5. The van der Waals surface area contributed by atoms with Crippen LogP contribution in [0.2, 0.25) is 10.0 Å². The fourth-order valence-corrected chi connectivity index (χ4v) is 3.82. The van der Waals surface area contributed by atoms with Gasteiger partial charge in [-0.25, -0.2) is 4.98 Å². The van der Waals surface area contributed by atoms with Gasteiger partial charge in [0.2, 0.25) is 11.8 Å². The largest absolute Gasteiger partial charge is 0.457 e. The summed E-state index contributed by atoms with van der Waals surface area (Å²) < 4.78 is 11.5. The lowest BCUT2D eigenvalue weighted by atomic mass is 10.2. The van der Waals surface area contributed by atoms with E-state index in [1.165, 1.54) is 6.08 Å². The summed E-state index contributed by atoms with van der Waals surface area (Å²) in [5, 5.41) is 6.63. The number of oxazole rings is 1. The molecule has 0 radical (unpaired) electrons. The molecule has 0 bridgehead atoms. The van der Waals surface area contributed by atoms with Gasteiger partial charge in [0.15, 0.2) is 16.3 Å². The van der Waals surface area contributed by atoms with Crippen molar-refractivity contribution in [2.75, 3.05) is 5.32 Å². The van der Waals surface area contributed by atoms with E-state index in [-0.39, 0.29) is 5.11 Å². The first-order chi connectivity index (χ1) is 17.4. The minimum absolute atomic E-state index is 0.0734. The summed E-state index contributed by atoms with van der Waals surface area (Å²) in [5.41, 5.74) is 3.11. The van der Waals surface area contributed by atoms with Gasteiger partial charge < -0.3 is 14.2 Å². The first kappa shape index (κ1) is 23.7. The molecule has 0 saturated carbocycles. The number of carbonyl (C=O) groups is 1. The van der Waals surface area contributed by atoms with E-state index < -0.39 is 5.91 Å². The van der Waals surface area contributed by atoms with Crippen molar-refractivity contribution in [3.05, 3.63) is 94.8 Å². The van der Waals surface area contributed by atoms with E-state index in [9.17, 15) is 4.79 Å². The predicted molar refractivity (Wildman–Crippen MR) is 145 cm³/mol. The van der Waals surface area contributed by atoms with E-state index in [0.717, 1.165) is 5.56 Å². The highest BCUT2D eigenvalue weighted by molar-refractivity contribution is 7.80. The number of hydrogen-bond acceptors (Lipinski definition) is 6. The molecule has 0 aliphatic rings. The first-order valence-electron chi connectivity index (χ1n) is 10.6. The van der Waals surface area contributed by atoms with Crippen LogP contribution in [-0.2, 0) is 4.79 Å². The predicted octanol–water partition coefficient (Wildman–Crippen LogP) is 6.98. The molecule has 0 saturated heterocycles. The van der Waals surface area contributed by atoms with Gasteiger partial charge in [-0.3, -0.25) is 10.1 Å². The van der Waals surface area contributed by atoms with Crippen LogP contribution in [0.1, 0.15) is 5.76 Å². The Morgan fingerprint density at radius 2 is 1.78 bits per heavy atom. The Hall–Kier alpha value is -3.98. The lowest BCUT2D eigenvalue weighted by Gasteiger charge is -2.10. The van der Waals surface area contributed by atoms with E-state index in [2.05, 4.69) is 20.6 Å². The van der Waals surface area contributed by atoms with E-state index in [4.69, 9.17) is 44.3 Å². The minimum atomic E-state index is -0.436. The number of halogens is 2. The third-order valence-corrected chi connectivity index (χ3v) is 5.80. The number of nitrogens with zero attached hydrogens (tertiary/aromatic N) is 2. The Bertz CT molecular complexity index is 1580. The second-order valence-electron chi connectivity index (χ2n) is 7.52. The topological polar surface area (TPSA) is 93.2 Å². The van der Waals surface area contributed by atoms with Crippen molar-refractivity contribution in [1.82, 2.24) is 15.3 Å². The normalized spacial score (nSPS) is 11.2. The Morgan fingerprint density at radius 3 is 2.58 bits per heavy atom. The summed E-state index contributed by atoms with van der Waals surface area (Å²) in [7, 11) is 0. The number of carbonyl (C=O) groups excluding carboxylic acids is 1. The molecule has 0 aliphatic carbocycles. The molecule has 7 nitrogen and oxygen atoms in total. The molecule has 10 heteroatoms. The second-order valence-corrected chi connectivity index (χ2v) is 8.78. The third-order valence-electron chi connectivity index (χ3n) is 5.02. The summed E-state index contributed by atoms with van der Waals surface area (Å²) in [6.45, 7) is 0. The maximum atomic E-state index is 12.4. The minimum Gasteiger partial charge on any atom is -0.457 e. The van der Waals surface area contributed by atoms with E-state index in [1.807, 2.05) is 18.2 Å². The molecule has 2 aromatic carbocycles. The third kappa shape index (κ3) is 5.46. The van der Waals surface area contributed by atoms with Gasteiger partial charge in [0.1, 0.15) is 11.5 Å². The molecule has 0 aliphatic heterocycles. The van der Waals surface area contributed by atoms with Gasteiger partial charge in [0, 0.05) is 28.4 Å². The molecule has 0 spiro atoms. The van der Waals surface area contributed by atoms with Gasteiger partial charge in [-0.05, 0) is 85.0 Å². The Balaban J connectivity index is 1.22. The molecule has 0 fully saturated rings. The fourth-order valence-electron chi connectivity index (χ4n) is 3.32. The van der Waals surface area contributed by atoms with Crippen LogP contribution in [0.4, 0.5) is 5.69 Å². The average Bonchev–Trinajstić information content (AvgIpc) is 3.52. The highest BCUT2D eigenvalue weighted by Crippen LogP contribution is 2.30. The summed E-state index contributed by atoms with van der Waals surface area (Å²) in [5.74, 6) is 1.12. The monoisotopic (exact) mass is 534 g/mol. The van der Waals surface area contributed by atoms with Crippen LogP contribution in [0.3, 0.4) is 0 Å². The molecule has 178 valence electrons. The number of hydrogen-bond donors (Lipinski definition) is 2. The fraction of sp³-hybridized carbons (Fsp3) is 0. The van der Waals surface area contributed by atoms with Crippen molar-refractivity contribution in [3.8, 4) is 22.8 Å². The highest BCUT2D eigenvalue weighted by Gasteiger charge is 2.12. The SMILES string of the molecule is O=C(C=Cc1ccc(-c2ccc(Cl)cc2)o1)NC(=S)Nc1cc(-c2nc3ncccc3o2)ccc1Cl. The number of thiocarbonyl (C=S) groups is 1.